The van der Waals surface area contributed by atoms with Crippen LogP contribution in [-0.2, 0) is 22.4 Å². The van der Waals surface area contributed by atoms with Crippen LogP contribution in [0.1, 0.15) is 83.4 Å². The van der Waals surface area contributed by atoms with Crippen LogP contribution < -0.4 is 20.1 Å². The maximum absolute atomic E-state index is 14.1. The molecule has 0 spiro atoms. The molecule has 0 fully saturated rings. The van der Waals surface area contributed by atoms with Gasteiger partial charge in [-0.25, -0.2) is 0 Å². The van der Waals surface area contributed by atoms with Crippen molar-refractivity contribution in [3.8, 4) is 11.5 Å². The minimum atomic E-state index is -1.03. The summed E-state index contributed by atoms with van der Waals surface area (Å²) in [6.45, 7) is 0.102. The first-order valence-electron chi connectivity index (χ1n) is 18.7. The van der Waals surface area contributed by atoms with Crippen LogP contribution in [0.2, 0.25) is 0 Å². The summed E-state index contributed by atoms with van der Waals surface area (Å²) in [6.07, 6.45) is -0.938. The van der Waals surface area contributed by atoms with Crippen LogP contribution in [0.15, 0.2) is 97.1 Å². The second-order valence-electron chi connectivity index (χ2n) is 14.2. The summed E-state index contributed by atoms with van der Waals surface area (Å²) in [7, 11) is 0. The Hall–Kier alpha value is -4.78. The van der Waals surface area contributed by atoms with Crippen LogP contribution in [0, 0.1) is 11.8 Å². The predicted octanol–water partition coefficient (Wildman–Crippen LogP) is 4.18. The van der Waals surface area contributed by atoms with E-state index in [4.69, 9.17) is 19.7 Å². The molecule has 0 heterocycles. The van der Waals surface area contributed by atoms with Crippen LogP contribution in [0.4, 0.5) is 0 Å². The van der Waals surface area contributed by atoms with Crippen molar-refractivity contribution in [1.29, 1.82) is 0 Å². The lowest BCUT2D eigenvalue weighted by Crippen LogP contribution is -2.38. The molecule has 0 aromatic heterocycles. The summed E-state index contributed by atoms with van der Waals surface area (Å²) in [5.41, 5.74) is 5.01. The average molecular weight is 739 g/mol. The zero-order chi connectivity index (χ0) is 38.0. The Bertz CT molecular complexity index is 1700. The number of fused-ring (bicyclic) bond motifs is 2. The van der Waals surface area contributed by atoms with Crippen LogP contribution in [0.3, 0.4) is 0 Å². The van der Waals surface area contributed by atoms with E-state index in [0.717, 1.165) is 33.4 Å². The number of carbonyl (C=O) groups excluding carboxylic acids is 2. The zero-order valence-corrected chi connectivity index (χ0v) is 30.2. The molecule has 4 aromatic carbocycles. The van der Waals surface area contributed by atoms with E-state index in [9.17, 15) is 24.9 Å². The highest BCUT2D eigenvalue weighted by Crippen LogP contribution is 2.40. The van der Waals surface area contributed by atoms with Gasteiger partial charge in [-0.15, -0.1) is 0 Å². The van der Waals surface area contributed by atoms with Crippen LogP contribution >= 0.6 is 0 Å². The number of ether oxygens (including phenoxy) is 2. The van der Waals surface area contributed by atoms with Crippen molar-refractivity contribution in [2.24, 2.45) is 11.8 Å². The summed E-state index contributed by atoms with van der Waals surface area (Å²) < 4.78 is 11.0. The van der Waals surface area contributed by atoms with Crippen molar-refractivity contribution in [2.45, 2.75) is 68.9 Å². The van der Waals surface area contributed by atoms with Gasteiger partial charge in [0.2, 0.25) is 11.8 Å². The van der Waals surface area contributed by atoms with Gasteiger partial charge in [-0.2, -0.15) is 0 Å². The highest BCUT2D eigenvalue weighted by atomic mass is 16.5. The molecule has 0 saturated carbocycles. The van der Waals surface area contributed by atoms with Gasteiger partial charge in [0.1, 0.15) is 24.7 Å². The summed E-state index contributed by atoms with van der Waals surface area (Å²) >= 11 is 0. The van der Waals surface area contributed by atoms with Gasteiger partial charge in [0.05, 0.1) is 43.6 Å². The van der Waals surface area contributed by atoms with Crippen LogP contribution in [0.5, 0.6) is 11.5 Å². The maximum Gasteiger partial charge on any atom is 0.224 e. The lowest BCUT2D eigenvalue weighted by atomic mass is 9.86. The summed E-state index contributed by atoms with van der Waals surface area (Å²) in [5, 5.41) is 57.6. The van der Waals surface area contributed by atoms with Gasteiger partial charge in [-0.3, -0.25) is 9.59 Å². The number of hydrogen-bond acceptors (Lipinski definition) is 9. The molecule has 2 aliphatic carbocycles. The standard InChI is InChI=1S/C43H50N2O9/c46-17-19-53-32-13-9-27(10-14-32)21-29(42(51)44-38-25-40(49)36-7-3-1-5-34(36)38)23-31(48)24-30(22-28-11-15-33(16-12-28)54-20-18-47)43(52)45-39-26-41(50)37-8-4-2-6-35(37)39/h1-16,29-31,38-41,46-50H,17-26H2,(H,44,51)(H,45,52)/t29-,30-,38+,39+,40-,41-/m1/s1. The van der Waals surface area contributed by atoms with Crippen molar-refractivity contribution in [2.75, 3.05) is 26.4 Å². The van der Waals surface area contributed by atoms with Gasteiger partial charge in [-0.05, 0) is 83.3 Å². The van der Waals surface area contributed by atoms with Crippen LogP contribution in [0.25, 0.3) is 0 Å². The molecule has 54 heavy (non-hydrogen) atoms. The highest BCUT2D eigenvalue weighted by Gasteiger charge is 2.35. The van der Waals surface area contributed by atoms with E-state index in [1.54, 1.807) is 24.3 Å². The summed E-state index contributed by atoms with van der Waals surface area (Å²) in [4.78, 5) is 28.1. The van der Waals surface area contributed by atoms with Gasteiger partial charge in [0, 0.05) is 24.7 Å². The van der Waals surface area contributed by atoms with Crippen molar-refractivity contribution in [3.63, 3.8) is 0 Å². The fraction of sp³-hybridized carbons (Fsp3) is 0.395. The molecular formula is C43H50N2O9. The Morgan fingerprint density at radius 2 is 0.963 bits per heavy atom. The fourth-order valence-electron chi connectivity index (χ4n) is 7.73. The molecule has 2 amide bonds. The molecule has 11 nitrogen and oxygen atoms in total. The second kappa shape index (κ2) is 18.5. The number of nitrogens with one attached hydrogen (secondary N) is 2. The summed E-state index contributed by atoms with van der Waals surface area (Å²) in [6, 6.07) is 28.8. The van der Waals surface area contributed by atoms with E-state index in [1.807, 2.05) is 72.8 Å². The number of aliphatic hydroxyl groups excluding tert-OH is 5. The molecule has 0 aliphatic heterocycles. The van der Waals surface area contributed by atoms with Gasteiger partial charge in [0.25, 0.3) is 0 Å². The fourth-order valence-corrected chi connectivity index (χ4v) is 7.73. The van der Waals surface area contributed by atoms with Gasteiger partial charge in [0.15, 0.2) is 0 Å². The van der Waals surface area contributed by atoms with E-state index in [0.29, 0.717) is 37.2 Å². The summed E-state index contributed by atoms with van der Waals surface area (Å²) in [5.74, 6) is -0.691. The molecular weight excluding hydrogens is 688 g/mol. The van der Waals surface area contributed by atoms with E-state index in [2.05, 4.69) is 10.6 Å². The Morgan fingerprint density at radius 3 is 1.33 bits per heavy atom. The van der Waals surface area contributed by atoms with Gasteiger partial charge >= 0.3 is 0 Å². The Balaban J connectivity index is 1.20. The normalized spacial score (nSPS) is 19.8. The van der Waals surface area contributed by atoms with Crippen molar-refractivity contribution in [3.05, 3.63) is 130 Å². The molecule has 11 heteroatoms. The predicted molar refractivity (Wildman–Crippen MR) is 201 cm³/mol. The number of carbonyl (C=O) groups is 2. The van der Waals surface area contributed by atoms with Gasteiger partial charge < -0.3 is 45.6 Å². The first kappa shape index (κ1) is 38.9. The first-order valence-corrected chi connectivity index (χ1v) is 18.7. The van der Waals surface area contributed by atoms with Crippen LogP contribution in [-0.4, -0.2) is 69.9 Å². The number of amides is 2. The van der Waals surface area contributed by atoms with Crippen molar-refractivity contribution < 1.29 is 44.6 Å². The average Bonchev–Trinajstić information content (AvgIpc) is 3.67. The van der Waals surface area contributed by atoms with E-state index in [1.165, 1.54) is 0 Å². The lowest BCUT2D eigenvalue weighted by molar-refractivity contribution is -0.127. The van der Waals surface area contributed by atoms with E-state index in [-0.39, 0.29) is 63.2 Å². The minimum absolute atomic E-state index is 0.0776. The molecule has 0 unspecified atom stereocenters. The quantitative estimate of drug-likeness (QED) is 0.0790. The number of hydrogen-bond donors (Lipinski definition) is 7. The molecule has 6 atom stereocenters. The van der Waals surface area contributed by atoms with Crippen molar-refractivity contribution in [1.82, 2.24) is 10.6 Å². The Kier molecular flexibility index (Phi) is 13.3. The molecule has 4 aromatic rings. The number of rotatable bonds is 18. The molecule has 2 aliphatic rings. The SMILES string of the molecule is O=C(N[C@H]1C[C@@H](O)c2ccccc21)[C@H](Cc1ccc(OCCO)cc1)CC(O)C[C@@H](Cc1ccc(OCCO)cc1)C(=O)N[C@H]1C[C@@H](O)c2ccccc21. The molecule has 7 N–H and O–H groups in total. The largest absolute Gasteiger partial charge is 0.491 e. The highest BCUT2D eigenvalue weighted by molar-refractivity contribution is 5.80. The third kappa shape index (κ3) is 9.85. The molecule has 6 rings (SSSR count). The lowest BCUT2D eigenvalue weighted by Gasteiger charge is -2.26. The molecule has 0 saturated heterocycles. The second-order valence-corrected chi connectivity index (χ2v) is 14.2. The van der Waals surface area contributed by atoms with E-state index < -0.39 is 30.1 Å². The number of benzene rings is 4. The Morgan fingerprint density at radius 1 is 0.593 bits per heavy atom. The van der Waals surface area contributed by atoms with Crippen molar-refractivity contribution >= 4 is 11.8 Å². The van der Waals surface area contributed by atoms with E-state index >= 15 is 0 Å². The monoisotopic (exact) mass is 738 g/mol. The molecule has 0 bridgehead atoms. The zero-order valence-electron chi connectivity index (χ0n) is 30.2. The topological polar surface area (TPSA) is 178 Å². The molecule has 0 radical (unpaired) electrons. The number of aliphatic hydroxyl groups is 5. The Labute approximate surface area is 315 Å². The van der Waals surface area contributed by atoms with Gasteiger partial charge in [-0.1, -0.05) is 72.8 Å². The third-order valence-corrected chi connectivity index (χ3v) is 10.4. The maximum atomic E-state index is 14.1. The third-order valence-electron chi connectivity index (χ3n) is 10.4. The molecule has 286 valence electrons. The smallest absolute Gasteiger partial charge is 0.224 e. The minimum Gasteiger partial charge on any atom is -0.491 e. The first-order chi connectivity index (χ1) is 26.2.